The van der Waals surface area contributed by atoms with Gasteiger partial charge in [0.1, 0.15) is 5.82 Å². The molecule has 0 spiro atoms. The van der Waals surface area contributed by atoms with Crippen LogP contribution in [-0.4, -0.2) is 31.2 Å². The molecular formula is C13H19BrFNO. The maximum absolute atomic E-state index is 13.4. The summed E-state index contributed by atoms with van der Waals surface area (Å²) >= 11 is 3.29. The SMILES string of the molecule is CCN(Cc1cccc(F)c1Br)C(C)COC. The zero-order chi connectivity index (χ0) is 12.8. The van der Waals surface area contributed by atoms with E-state index in [1.807, 2.05) is 6.07 Å². The third-order valence-corrected chi connectivity index (χ3v) is 3.73. The Morgan fingerprint density at radius 3 is 2.76 bits per heavy atom. The molecule has 1 aromatic rings. The van der Waals surface area contributed by atoms with E-state index in [0.717, 1.165) is 18.7 Å². The molecule has 96 valence electrons. The minimum Gasteiger partial charge on any atom is -0.383 e. The predicted molar refractivity (Wildman–Crippen MR) is 71.5 cm³/mol. The highest BCUT2D eigenvalue weighted by molar-refractivity contribution is 9.10. The number of likely N-dealkylation sites (N-methyl/N-ethyl adjacent to an activating group) is 1. The third-order valence-electron chi connectivity index (χ3n) is 2.84. The summed E-state index contributed by atoms with van der Waals surface area (Å²) < 4.78 is 19.1. The fourth-order valence-corrected chi connectivity index (χ4v) is 2.21. The fourth-order valence-electron chi connectivity index (χ4n) is 1.82. The van der Waals surface area contributed by atoms with Crippen molar-refractivity contribution in [1.82, 2.24) is 4.90 Å². The van der Waals surface area contributed by atoms with Crippen molar-refractivity contribution >= 4 is 15.9 Å². The van der Waals surface area contributed by atoms with Gasteiger partial charge in [0.25, 0.3) is 0 Å². The molecule has 2 nitrogen and oxygen atoms in total. The highest BCUT2D eigenvalue weighted by Gasteiger charge is 2.14. The van der Waals surface area contributed by atoms with Gasteiger partial charge >= 0.3 is 0 Å². The van der Waals surface area contributed by atoms with E-state index in [4.69, 9.17) is 4.74 Å². The molecule has 0 N–H and O–H groups in total. The first kappa shape index (κ1) is 14.6. The highest BCUT2D eigenvalue weighted by Crippen LogP contribution is 2.22. The van der Waals surface area contributed by atoms with Crippen LogP contribution in [0.2, 0.25) is 0 Å². The average molecular weight is 304 g/mol. The Hall–Kier alpha value is -0.450. The second-order valence-electron chi connectivity index (χ2n) is 4.08. The normalized spacial score (nSPS) is 13.1. The maximum Gasteiger partial charge on any atom is 0.137 e. The number of benzene rings is 1. The van der Waals surface area contributed by atoms with Crippen LogP contribution in [0.3, 0.4) is 0 Å². The Kier molecular flexibility index (Phi) is 6.09. The molecule has 17 heavy (non-hydrogen) atoms. The van der Waals surface area contributed by atoms with Crippen molar-refractivity contribution in [1.29, 1.82) is 0 Å². The molecule has 0 aromatic heterocycles. The van der Waals surface area contributed by atoms with Gasteiger partial charge in [0.2, 0.25) is 0 Å². The van der Waals surface area contributed by atoms with Crippen LogP contribution in [0.4, 0.5) is 4.39 Å². The van der Waals surface area contributed by atoms with Crippen LogP contribution in [-0.2, 0) is 11.3 Å². The number of halogens is 2. The van der Waals surface area contributed by atoms with Gasteiger partial charge < -0.3 is 4.74 Å². The second-order valence-corrected chi connectivity index (χ2v) is 4.87. The van der Waals surface area contributed by atoms with Gasteiger partial charge in [0, 0.05) is 19.7 Å². The topological polar surface area (TPSA) is 12.5 Å². The second kappa shape index (κ2) is 7.09. The van der Waals surface area contributed by atoms with E-state index in [1.54, 1.807) is 13.2 Å². The molecule has 4 heteroatoms. The predicted octanol–water partition coefficient (Wildman–Crippen LogP) is 3.45. The Labute approximate surface area is 111 Å². The zero-order valence-corrected chi connectivity index (χ0v) is 12.1. The average Bonchev–Trinajstić information content (AvgIpc) is 2.31. The van der Waals surface area contributed by atoms with Crippen LogP contribution in [0.15, 0.2) is 22.7 Å². The Balaban J connectivity index is 2.77. The molecule has 0 radical (unpaired) electrons. The lowest BCUT2D eigenvalue weighted by Crippen LogP contribution is -2.35. The standard InChI is InChI=1S/C13H19BrFNO/c1-4-16(10(2)9-17-3)8-11-6-5-7-12(15)13(11)14/h5-7,10H,4,8-9H2,1-3H3. The summed E-state index contributed by atoms with van der Waals surface area (Å²) in [7, 11) is 1.70. The minimum absolute atomic E-state index is 0.210. The summed E-state index contributed by atoms with van der Waals surface area (Å²) in [6.45, 7) is 6.52. The number of hydrogen-bond donors (Lipinski definition) is 0. The van der Waals surface area contributed by atoms with E-state index < -0.39 is 0 Å². The fraction of sp³-hybridized carbons (Fsp3) is 0.538. The molecule has 0 aliphatic carbocycles. The van der Waals surface area contributed by atoms with Gasteiger partial charge in [-0.15, -0.1) is 0 Å². The molecule has 0 aliphatic rings. The summed E-state index contributed by atoms with van der Waals surface area (Å²) in [6, 6.07) is 5.46. The van der Waals surface area contributed by atoms with Crippen LogP contribution >= 0.6 is 15.9 Å². The van der Waals surface area contributed by atoms with Crippen LogP contribution in [0, 0.1) is 5.82 Å². The molecule has 1 unspecified atom stereocenters. The molecule has 0 aliphatic heterocycles. The summed E-state index contributed by atoms with van der Waals surface area (Å²) in [5.74, 6) is -0.210. The van der Waals surface area contributed by atoms with Gasteiger partial charge in [-0.3, -0.25) is 4.90 Å². The quantitative estimate of drug-likeness (QED) is 0.798. The first-order valence-corrected chi connectivity index (χ1v) is 6.55. The minimum atomic E-state index is -0.210. The van der Waals surface area contributed by atoms with E-state index in [9.17, 15) is 4.39 Å². The van der Waals surface area contributed by atoms with Crippen molar-refractivity contribution in [3.05, 3.63) is 34.1 Å². The van der Waals surface area contributed by atoms with Crippen molar-refractivity contribution in [2.45, 2.75) is 26.4 Å². The molecule has 0 fully saturated rings. The number of nitrogens with zero attached hydrogens (tertiary/aromatic N) is 1. The highest BCUT2D eigenvalue weighted by atomic mass is 79.9. The summed E-state index contributed by atoms with van der Waals surface area (Å²) in [4.78, 5) is 2.25. The Bertz CT molecular complexity index is 359. The molecule has 1 rings (SSSR count). The summed E-state index contributed by atoms with van der Waals surface area (Å²) in [6.07, 6.45) is 0. The van der Waals surface area contributed by atoms with Crippen LogP contribution < -0.4 is 0 Å². The Morgan fingerprint density at radius 1 is 1.47 bits per heavy atom. The van der Waals surface area contributed by atoms with E-state index in [0.29, 0.717) is 17.1 Å². The molecule has 0 bridgehead atoms. The lowest BCUT2D eigenvalue weighted by molar-refractivity contribution is 0.0980. The third kappa shape index (κ3) is 4.05. The van der Waals surface area contributed by atoms with Crippen molar-refractivity contribution in [2.75, 3.05) is 20.3 Å². The number of methoxy groups -OCH3 is 1. The molecular weight excluding hydrogens is 285 g/mol. The first-order valence-electron chi connectivity index (χ1n) is 5.76. The zero-order valence-electron chi connectivity index (χ0n) is 10.5. The van der Waals surface area contributed by atoms with Crippen molar-refractivity contribution < 1.29 is 9.13 Å². The van der Waals surface area contributed by atoms with Crippen molar-refractivity contribution in [3.8, 4) is 0 Å². The molecule has 1 aromatic carbocycles. The number of hydrogen-bond acceptors (Lipinski definition) is 2. The molecule has 0 heterocycles. The van der Waals surface area contributed by atoms with Gasteiger partial charge in [0.05, 0.1) is 11.1 Å². The first-order chi connectivity index (χ1) is 8.10. The smallest absolute Gasteiger partial charge is 0.137 e. The van der Waals surface area contributed by atoms with Gasteiger partial charge in [-0.1, -0.05) is 19.1 Å². The van der Waals surface area contributed by atoms with Gasteiger partial charge in [-0.25, -0.2) is 4.39 Å². The lowest BCUT2D eigenvalue weighted by Gasteiger charge is -2.27. The van der Waals surface area contributed by atoms with E-state index >= 15 is 0 Å². The lowest BCUT2D eigenvalue weighted by atomic mass is 10.2. The van der Waals surface area contributed by atoms with Crippen molar-refractivity contribution in [2.24, 2.45) is 0 Å². The van der Waals surface area contributed by atoms with E-state index in [2.05, 4.69) is 34.7 Å². The van der Waals surface area contributed by atoms with Crippen LogP contribution in [0.5, 0.6) is 0 Å². The molecule has 0 saturated heterocycles. The van der Waals surface area contributed by atoms with Crippen molar-refractivity contribution in [3.63, 3.8) is 0 Å². The Morgan fingerprint density at radius 2 is 2.18 bits per heavy atom. The van der Waals surface area contributed by atoms with Gasteiger partial charge in [0.15, 0.2) is 0 Å². The van der Waals surface area contributed by atoms with Gasteiger partial charge in [-0.05, 0) is 41.0 Å². The largest absolute Gasteiger partial charge is 0.383 e. The van der Waals surface area contributed by atoms with Crippen LogP contribution in [0.1, 0.15) is 19.4 Å². The number of ether oxygens (including phenoxy) is 1. The van der Waals surface area contributed by atoms with E-state index in [1.165, 1.54) is 6.07 Å². The van der Waals surface area contributed by atoms with Crippen LogP contribution in [0.25, 0.3) is 0 Å². The molecule has 1 atom stereocenters. The maximum atomic E-state index is 13.4. The van der Waals surface area contributed by atoms with E-state index in [-0.39, 0.29) is 5.82 Å². The summed E-state index contributed by atoms with van der Waals surface area (Å²) in [5.41, 5.74) is 0.967. The molecule has 0 amide bonds. The monoisotopic (exact) mass is 303 g/mol. The number of rotatable bonds is 6. The van der Waals surface area contributed by atoms with Gasteiger partial charge in [-0.2, -0.15) is 0 Å². The summed E-state index contributed by atoms with van der Waals surface area (Å²) in [5, 5.41) is 0. The molecule has 0 saturated carbocycles.